The number of carboxylic acids is 1. The number of ketones is 1. The van der Waals surface area contributed by atoms with E-state index < -0.39 is 11.9 Å². The van der Waals surface area contributed by atoms with Gasteiger partial charge in [0.25, 0.3) is 0 Å². The highest BCUT2D eigenvalue weighted by Gasteiger charge is 2.54. The number of aromatic nitrogens is 3. The Labute approximate surface area is 175 Å². The summed E-state index contributed by atoms with van der Waals surface area (Å²) < 4.78 is 1.77. The minimum Gasteiger partial charge on any atom is -0.481 e. The molecule has 4 aliphatic rings. The molecular formula is C23H28N4O3. The zero-order chi connectivity index (χ0) is 20.9. The van der Waals surface area contributed by atoms with Crippen molar-refractivity contribution in [2.75, 3.05) is 5.73 Å². The second kappa shape index (κ2) is 7.22. The first kappa shape index (κ1) is 19.3. The topological polar surface area (TPSA) is 111 Å². The van der Waals surface area contributed by atoms with Gasteiger partial charge in [0.15, 0.2) is 5.78 Å². The van der Waals surface area contributed by atoms with E-state index in [1.54, 1.807) is 35.4 Å². The van der Waals surface area contributed by atoms with Gasteiger partial charge in [-0.05, 0) is 74.3 Å². The molecule has 1 atom stereocenters. The summed E-state index contributed by atoms with van der Waals surface area (Å²) in [7, 11) is 0. The first-order chi connectivity index (χ1) is 14.4. The van der Waals surface area contributed by atoms with Crippen molar-refractivity contribution in [1.29, 1.82) is 0 Å². The number of nitrogen functional groups attached to an aromatic ring is 1. The highest BCUT2D eigenvalue weighted by molar-refractivity contribution is 5.85. The minimum atomic E-state index is -0.940. The summed E-state index contributed by atoms with van der Waals surface area (Å²) in [6, 6.07) is 3.45. The van der Waals surface area contributed by atoms with E-state index in [2.05, 4.69) is 9.97 Å². The van der Waals surface area contributed by atoms with Crippen LogP contribution in [0.4, 0.5) is 5.82 Å². The van der Waals surface area contributed by atoms with Gasteiger partial charge < -0.3 is 15.4 Å². The Hall–Kier alpha value is -2.70. The molecule has 0 aromatic carbocycles. The van der Waals surface area contributed by atoms with Crippen LogP contribution >= 0.6 is 0 Å². The van der Waals surface area contributed by atoms with E-state index in [4.69, 9.17) is 5.73 Å². The molecule has 4 bridgehead atoms. The molecule has 7 nitrogen and oxygen atoms in total. The smallest absolute Gasteiger partial charge is 0.312 e. The van der Waals surface area contributed by atoms with Crippen LogP contribution in [0.2, 0.25) is 0 Å². The van der Waals surface area contributed by atoms with Gasteiger partial charge in [0.05, 0.1) is 18.6 Å². The number of rotatable bonds is 7. The standard InChI is InChI=1S/C23H28N4O3/c24-21-2-1-14(10-25-21)6-18(22(29)30)19-11-27(13-26-19)12-20(28)23-7-15-3-16(8-23)5-17(4-15)9-23/h1-2,10-11,13,15-18H,3-9,12H2,(H2,24,25)(H,29,30). The molecule has 158 valence electrons. The molecule has 0 aliphatic heterocycles. The molecule has 0 radical (unpaired) electrons. The lowest BCUT2D eigenvalue weighted by Gasteiger charge is -2.56. The molecule has 2 heterocycles. The van der Waals surface area contributed by atoms with Crippen LogP contribution in [-0.4, -0.2) is 31.4 Å². The molecule has 2 aromatic heterocycles. The second-order valence-electron chi connectivity index (χ2n) is 9.78. The highest BCUT2D eigenvalue weighted by atomic mass is 16.4. The first-order valence-electron chi connectivity index (χ1n) is 10.9. The fraction of sp³-hybridized carbons (Fsp3) is 0.565. The van der Waals surface area contributed by atoms with Gasteiger partial charge in [-0.15, -0.1) is 0 Å². The number of pyridine rings is 1. The van der Waals surface area contributed by atoms with Gasteiger partial charge in [0, 0.05) is 17.8 Å². The van der Waals surface area contributed by atoms with Crippen molar-refractivity contribution in [2.24, 2.45) is 23.2 Å². The Bertz CT molecular complexity index is 930. The molecule has 0 amide bonds. The molecular weight excluding hydrogens is 380 g/mol. The van der Waals surface area contributed by atoms with Crippen molar-refractivity contribution in [3.63, 3.8) is 0 Å². The number of imidazole rings is 1. The van der Waals surface area contributed by atoms with Crippen molar-refractivity contribution in [3.8, 4) is 0 Å². The maximum absolute atomic E-state index is 13.3. The third-order valence-corrected chi connectivity index (χ3v) is 7.55. The number of Topliss-reactive ketones (excluding diaryl/α,β-unsaturated/α-hetero) is 1. The fourth-order valence-corrected chi connectivity index (χ4v) is 6.54. The number of aliphatic carboxylic acids is 1. The Morgan fingerprint density at radius 1 is 1.13 bits per heavy atom. The lowest BCUT2D eigenvalue weighted by molar-refractivity contribution is -0.144. The maximum Gasteiger partial charge on any atom is 0.312 e. The van der Waals surface area contributed by atoms with E-state index in [0.29, 0.717) is 17.3 Å². The lowest BCUT2D eigenvalue weighted by atomic mass is 9.48. The molecule has 0 spiro atoms. The van der Waals surface area contributed by atoms with Crippen molar-refractivity contribution >= 4 is 17.6 Å². The van der Waals surface area contributed by atoms with E-state index in [9.17, 15) is 14.7 Å². The summed E-state index contributed by atoms with van der Waals surface area (Å²) in [4.78, 5) is 33.6. The second-order valence-corrected chi connectivity index (χ2v) is 9.78. The predicted molar refractivity (Wildman–Crippen MR) is 111 cm³/mol. The zero-order valence-electron chi connectivity index (χ0n) is 17.0. The van der Waals surface area contributed by atoms with E-state index in [1.807, 2.05) is 0 Å². The molecule has 4 saturated carbocycles. The van der Waals surface area contributed by atoms with Crippen LogP contribution < -0.4 is 5.73 Å². The van der Waals surface area contributed by atoms with Crippen LogP contribution in [0.1, 0.15) is 55.7 Å². The van der Waals surface area contributed by atoms with Crippen LogP contribution in [0.5, 0.6) is 0 Å². The Balaban J connectivity index is 1.30. The SMILES string of the molecule is Nc1ccc(CC(C(=O)O)c2cn(CC(=O)C34CC5CC(CC(C5)C3)C4)cn2)cn1. The zero-order valence-corrected chi connectivity index (χ0v) is 17.0. The number of hydrogen-bond donors (Lipinski definition) is 2. The molecule has 4 fully saturated rings. The van der Waals surface area contributed by atoms with Crippen LogP contribution in [0.25, 0.3) is 0 Å². The predicted octanol–water partition coefficient (Wildman–Crippen LogP) is 3.06. The molecule has 4 aliphatic carbocycles. The van der Waals surface area contributed by atoms with Crippen LogP contribution in [0.3, 0.4) is 0 Å². The van der Waals surface area contributed by atoms with Gasteiger partial charge in [-0.3, -0.25) is 9.59 Å². The number of anilines is 1. The average molecular weight is 409 g/mol. The van der Waals surface area contributed by atoms with Crippen molar-refractivity contribution < 1.29 is 14.7 Å². The Morgan fingerprint density at radius 3 is 2.37 bits per heavy atom. The van der Waals surface area contributed by atoms with Crippen LogP contribution in [-0.2, 0) is 22.6 Å². The monoisotopic (exact) mass is 408 g/mol. The fourth-order valence-electron chi connectivity index (χ4n) is 6.54. The summed E-state index contributed by atoms with van der Waals surface area (Å²) in [6.45, 7) is 0.287. The van der Waals surface area contributed by atoms with Gasteiger partial charge in [-0.25, -0.2) is 9.97 Å². The summed E-state index contributed by atoms with van der Waals surface area (Å²) in [5, 5.41) is 9.73. The van der Waals surface area contributed by atoms with Crippen LogP contribution in [0.15, 0.2) is 30.9 Å². The van der Waals surface area contributed by atoms with Gasteiger partial charge >= 0.3 is 5.97 Å². The minimum absolute atomic E-state index is 0.152. The number of nitrogens with zero attached hydrogens (tertiary/aromatic N) is 3. The third kappa shape index (κ3) is 3.50. The van der Waals surface area contributed by atoms with Gasteiger partial charge in [-0.1, -0.05) is 6.07 Å². The van der Waals surface area contributed by atoms with E-state index in [1.165, 1.54) is 19.3 Å². The van der Waals surface area contributed by atoms with Gasteiger partial charge in [0.2, 0.25) is 0 Å². The summed E-state index contributed by atoms with van der Waals surface area (Å²) >= 11 is 0. The lowest BCUT2D eigenvalue weighted by Crippen LogP contribution is -2.50. The highest BCUT2D eigenvalue weighted by Crippen LogP contribution is 2.60. The Kier molecular flexibility index (Phi) is 4.64. The number of carbonyl (C=O) groups is 2. The van der Waals surface area contributed by atoms with E-state index >= 15 is 0 Å². The normalized spacial score (nSPS) is 30.3. The quantitative estimate of drug-likeness (QED) is 0.728. The van der Waals surface area contributed by atoms with Crippen molar-refractivity contribution in [1.82, 2.24) is 14.5 Å². The van der Waals surface area contributed by atoms with Gasteiger partial charge in [-0.2, -0.15) is 0 Å². The molecule has 2 aromatic rings. The number of carboxylic acid groups (broad SMARTS) is 1. The van der Waals surface area contributed by atoms with Crippen molar-refractivity contribution in [2.45, 2.75) is 57.4 Å². The summed E-state index contributed by atoms with van der Waals surface area (Å²) in [6.07, 6.45) is 12.3. The molecule has 7 heteroatoms. The average Bonchev–Trinajstić information content (AvgIpc) is 3.14. The van der Waals surface area contributed by atoms with Gasteiger partial charge in [0.1, 0.15) is 11.7 Å². The molecule has 1 unspecified atom stereocenters. The molecule has 3 N–H and O–H groups in total. The van der Waals surface area contributed by atoms with Crippen molar-refractivity contribution in [3.05, 3.63) is 42.1 Å². The molecule has 30 heavy (non-hydrogen) atoms. The van der Waals surface area contributed by atoms with Crippen LogP contribution in [0, 0.1) is 23.2 Å². The first-order valence-corrected chi connectivity index (χ1v) is 10.9. The van der Waals surface area contributed by atoms with E-state index in [-0.39, 0.29) is 18.4 Å². The Morgan fingerprint density at radius 2 is 1.80 bits per heavy atom. The molecule has 0 saturated heterocycles. The number of carbonyl (C=O) groups excluding carboxylic acids is 1. The molecule has 6 rings (SSSR count). The summed E-state index contributed by atoms with van der Waals surface area (Å²) in [5.41, 5.74) is 6.72. The third-order valence-electron chi connectivity index (χ3n) is 7.55. The summed E-state index contributed by atoms with van der Waals surface area (Å²) in [5.74, 6) is 1.16. The van der Waals surface area contributed by atoms with E-state index in [0.717, 1.165) is 42.6 Å². The number of hydrogen-bond acceptors (Lipinski definition) is 5. The number of nitrogens with two attached hydrogens (primary N) is 1. The maximum atomic E-state index is 13.3. The largest absolute Gasteiger partial charge is 0.481 e.